The number of nitrogens with zero attached hydrogens (tertiary/aromatic N) is 1. The monoisotopic (exact) mass is 467 g/mol. The van der Waals surface area contributed by atoms with Crippen LogP contribution in [-0.2, 0) is 13.3 Å². The molecule has 0 atom stereocenters. The number of rotatable bonds is 22. The lowest BCUT2D eigenvalue weighted by molar-refractivity contribution is -0.840. The molecule has 0 fully saturated rings. The van der Waals surface area contributed by atoms with E-state index in [0.717, 1.165) is 17.2 Å². The molecule has 0 saturated carbocycles. The molecule has 0 aromatic rings. The van der Waals surface area contributed by atoms with Crippen molar-refractivity contribution in [3.8, 4) is 0 Å². The van der Waals surface area contributed by atoms with Gasteiger partial charge in [0.05, 0.1) is 20.1 Å². The van der Waals surface area contributed by atoms with Gasteiger partial charge in [0.15, 0.2) is 0 Å². The molecule has 0 aliphatic carbocycles. The zero-order chi connectivity index (χ0) is 21.8. The Bertz CT molecular complexity index is 329. The molecule has 0 aliphatic heterocycles. The van der Waals surface area contributed by atoms with Crippen molar-refractivity contribution >= 4 is 8.97 Å². The molecule has 0 radical (unpaired) electrons. The highest BCUT2D eigenvalue weighted by atomic mass is 35.5. The van der Waals surface area contributed by atoms with Gasteiger partial charge in [-0.3, -0.25) is 0 Å². The van der Waals surface area contributed by atoms with Crippen LogP contribution in [0.15, 0.2) is 0 Å². The SMILES string of the molecule is CCCCCCCCCC[N+](C)(CCCCCCCCCC)[Si](OC)(OC)OC.[Cl-]. The number of quaternary nitrogens is 1. The molecule has 4 nitrogen and oxygen atoms in total. The van der Waals surface area contributed by atoms with Crippen LogP contribution in [0.2, 0.25) is 0 Å². The average molecular weight is 468 g/mol. The fourth-order valence-electron chi connectivity index (χ4n) is 4.49. The van der Waals surface area contributed by atoms with E-state index in [4.69, 9.17) is 13.3 Å². The van der Waals surface area contributed by atoms with E-state index < -0.39 is 8.97 Å². The Morgan fingerprint density at radius 1 is 0.500 bits per heavy atom. The highest BCUT2D eigenvalue weighted by Gasteiger charge is 2.61. The lowest BCUT2D eigenvalue weighted by Gasteiger charge is -2.43. The number of unbranched alkanes of at least 4 members (excludes halogenated alkanes) is 14. The van der Waals surface area contributed by atoms with Crippen molar-refractivity contribution in [3.63, 3.8) is 0 Å². The van der Waals surface area contributed by atoms with Gasteiger partial charge in [-0.05, 0) is 25.7 Å². The van der Waals surface area contributed by atoms with E-state index in [2.05, 4.69) is 20.9 Å². The normalized spacial score (nSPS) is 12.2. The van der Waals surface area contributed by atoms with Crippen LogP contribution < -0.4 is 12.4 Å². The van der Waals surface area contributed by atoms with Crippen LogP contribution in [0.4, 0.5) is 0 Å². The Morgan fingerprint density at radius 3 is 1.03 bits per heavy atom. The first kappa shape index (κ1) is 32.5. The summed E-state index contributed by atoms with van der Waals surface area (Å²) in [6, 6.07) is 0. The fourth-order valence-corrected chi connectivity index (χ4v) is 7.17. The average Bonchev–Trinajstić information content (AvgIpc) is 2.73. The van der Waals surface area contributed by atoms with Crippen molar-refractivity contribution in [3.05, 3.63) is 0 Å². The second kappa shape index (κ2) is 21.2. The summed E-state index contributed by atoms with van der Waals surface area (Å²) in [5.74, 6) is 0. The van der Waals surface area contributed by atoms with Crippen molar-refractivity contribution in [2.45, 2.75) is 117 Å². The number of hydrogen-bond acceptors (Lipinski definition) is 3. The molecule has 184 valence electrons. The van der Waals surface area contributed by atoms with Gasteiger partial charge in [0, 0.05) is 21.3 Å². The number of halogens is 1. The van der Waals surface area contributed by atoms with Gasteiger partial charge < -0.3 is 29.8 Å². The third-order valence-electron chi connectivity index (χ3n) is 6.45. The second-order valence-electron chi connectivity index (χ2n) is 8.93. The topological polar surface area (TPSA) is 27.7 Å². The summed E-state index contributed by atoms with van der Waals surface area (Å²) in [5, 5.41) is 0. The van der Waals surface area contributed by atoms with Crippen LogP contribution in [0, 0.1) is 0 Å². The van der Waals surface area contributed by atoms with Crippen LogP contribution in [0.1, 0.15) is 117 Å². The van der Waals surface area contributed by atoms with Gasteiger partial charge >= 0.3 is 8.97 Å². The van der Waals surface area contributed by atoms with Crippen molar-refractivity contribution in [2.75, 3.05) is 41.5 Å². The van der Waals surface area contributed by atoms with Crippen LogP contribution in [-0.4, -0.2) is 54.6 Å². The molecule has 0 rings (SSSR count). The molecule has 0 aliphatic rings. The van der Waals surface area contributed by atoms with Gasteiger partial charge in [0.1, 0.15) is 0 Å². The summed E-state index contributed by atoms with van der Waals surface area (Å²) in [5.41, 5.74) is 0. The zero-order valence-corrected chi connectivity index (χ0v) is 23.0. The Labute approximate surface area is 196 Å². The molecule has 0 N–H and O–H groups in total. The Balaban J connectivity index is 0. The molecule has 0 saturated heterocycles. The van der Waals surface area contributed by atoms with Crippen molar-refractivity contribution in [1.29, 1.82) is 0 Å². The van der Waals surface area contributed by atoms with Crippen LogP contribution in [0.25, 0.3) is 0 Å². The van der Waals surface area contributed by atoms with Crippen LogP contribution in [0.5, 0.6) is 0 Å². The number of hydrogen-bond donors (Lipinski definition) is 0. The highest BCUT2D eigenvalue weighted by molar-refractivity contribution is 6.52. The molecular formula is C24H54ClNO3Si. The third-order valence-corrected chi connectivity index (χ3v) is 9.76. The van der Waals surface area contributed by atoms with E-state index in [0.29, 0.717) is 0 Å². The van der Waals surface area contributed by atoms with E-state index in [-0.39, 0.29) is 12.4 Å². The lowest BCUT2D eigenvalue weighted by atomic mass is 10.1. The summed E-state index contributed by atoms with van der Waals surface area (Å²) in [6.45, 7) is 6.74. The maximum Gasteiger partial charge on any atom is 0.783 e. The van der Waals surface area contributed by atoms with Crippen LogP contribution in [0.3, 0.4) is 0 Å². The Kier molecular flexibility index (Phi) is 23.0. The minimum Gasteiger partial charge on any atom is -1.00 e. The lowest BCUT2D eigenvalue weighted by Crippen LogP contribution is -3.00. The Morgan fingerprint density at radius 2 is 0.767 bits per heavy atom. The van der Waals surface area contributed by atoms with E-state index in [9.17, 15) is 0 Å². The highest BCUT2D eigenvalue weighted by Crippen LogP contribution is 2.25. The van der Waals surface area contributed by atoms with Crippen LogP contribution >= 0.6 is 0 Å². The summed E-state index contributed by atoms with van der Waals surface area (Å²) in [7, 11) is 4.87. The quantitative estimate of drug-likeness (QED) is 0.177. The molecule has 0 unspecified atom stereocenters. The maximum atomic E-state index is 5.91. The minimum absolute atomic E-state index is 0. The molecule has 0 amide bonds. The van der Waals surface area contributed by atoms with E-state index in [1.54, 1.807) is 21.3 Å². The molecule has 0 spiro atoms. The van der Waals surface area contributed by atoms with Gasteiger partial charge in [-0.1, -0.05) is 90.9 Å². The zero-order valence-electron chi connectivity index (χ0n) is 21.3. The molecule has 0 aromatic heterocycles. The first-order chi connectivity index (χ1) is 14.1. The van der Waals surface area contributed by atoms with E-state index in [1.807, 2.05) is 0 Å². The van der Waals surface area contributed by atoms with Gasteiger partial charge in [-0.2, -0.15) is 0 Å². The summed E-state index contributed by atoms with van der Waals surface area (Å²) in [6.07, 6.45) is 21.5. The van der Waals surface area contributed by atoms with Crippen molar-refractivity contribution in [2.24, 2.45) is 0 Å². The molecule has 0 aromatic carbocycles. The van der Waals surface area contributed by atoms with E-state index in [1.165, 1.54) is 103 Å². The predicted octanol–water partition coefficient (Wildman–Crippen LogP) is 4.09. The molecule has 30 heavy (non-hydrogen) atoms. The first-order valence-electron chi connectivity index (χ1n) is 12.6. The second-order valence-corrected chi connectivity index (χ2v) is 12.3. The predicted molar refractivity (Wildman–Crippen MR) is 128 cm³/mol. The van der Waals surface area contributed by atoms with E-state index >= 15 is 0 Å². The molecule has 6 heteroatoms. The smallest absolute Gasteiger partial charge is 0.783 e. The summed E-state index contributed by atoms with van der Waals surface area (Å²) >= 11 is 0. The molecule has 0 heterocycles. The fraction of sp³-hybridized carbons (Fsp3) is 1.00. The van der Waals surface area contributed by atoms with Crippen molar-refractivity contribution < 1.29 is 29.8 Å². The third kappa shape index (κ3) is 13.0. The summed E-state index contributed by atoms with van der Waals surface area (Å²) in [4.78, 5) is 0. The van der Waals surface area contributed by atoms with Gasteiger partial charge in [-0.25, -0.2) is 0 Å². The van der Waals surface area contributed by atoms with Gasteiger partial charge in [0.25, 0.3) is 0 Å². The largest absolute Gasteiger partial charge is 1.00 e. The van der Waals surface area contributed by atoms with Gasteiger partial charge in [0.2, 0.25) is 0 Å². The van der Waals surface area contributed by atoms with Crippen molar-refractivity contribution in [1.82, 2.24) is 0 Å². The minimum atomic E-state index is -2.71. The summed E-state index contributed by atoms with van der Waals surface area (Å²) < 4.78 is 18.5. The molecule has 0 bridgehead atoms. The first-order valence-corrected chi connectivity index (χ1v) is 14.2. The Hall–Kier alpha value is 0.347. The standard InChI is InChI=1S/C24H54NO3Si.ClH/c1-7-9-11-13-15-17-19-21-23-25(3,29(26-4,27-5)28-6)24-22-20-18-16-14-12-10-8-2;/h7-24H2,1-6H3;1H/q+1;/p-1. The molecular weight excluding hydrogens is 414 g/mol. The van der Waals surface area contributed by atoms with Gasteiger partial charge in [-0.15, -0.1) is 0 Å². The maximum absolute atomic E-state index is 5.91.